The van der Waals surface area contributed by atoms with Gasteiger partial charge in [0.1, 0.15) is 32.0 Å². The first-order valence-electron chi connectivity index (χ1n) is 9.60. The number of hydrogen-bond donors (Lipinski definition) is 3. The van der Waals surface area contributed by atoms with E-state index in [2.05, 4.69) is 15.6 Å². The van der Waals surface area contributed by atoms with Gasteiger partial charge < -0.3 is 10.2 Å². The number of aliphatic imine (C=N–C) groups is 1. The second-order valence-corrected chi connectivity index (χ2v) is 7.06. The van der Waals surface area contributed by atoms with Crippen LogP contribution in [0.5, 0.6) is 0 Å². The molecular weight excluding hydrogens is 365 g/mol. The summed E-state index contributed by atoms with van der Waals surface area (Å²) in [7, 11) is 0. The van der Waals surface area contributed by atoms with Crippen LogP contribution in [-0.4, -0.2) is 74.8 Å². The molecule has 9 heteroatoms. The number of quaternary nitrogens is 2. The van der Waals surface area contributed by atoms with E-state index in [1.807, 2.05) is 0 Å². The maximum absolute atomic E-state index is 13.0. The van der Waals surface area contributed by atoms with Gasteiger partial charge in [-0.3, -0.25) is 24.8 Å². The molecule has 4 amide bonds. The lowest BCUT2D eigenvalue weighted by Gasteiger charge is -2.28. The van der Waals surface area contributed by atoms with Crippen LogP contribution >= 0.6 is 0 Å². The minimum Gasteiger partial charge on any atom is -0.337 e. The van der Waals surface area contributed by atoms with Gasteiger partial charge in [-0.25, -0.2) is 9.18 Å². The van der Waals surface area contributed by atoms with Crippen molar-refractivity contribution in [3.8, 4) is 0 Å². The molecule has 1 atom stereocenters. The fourth-order valence-corrected chi connectivity index (χ4v) is 3.40. The van der Waals surface area contributed by atoms with Crippen molar-refractivity contribution in [3.05, 3.63) is 35.6 Å². The normalized spacial score (nSPS) is 21.4. The van der Waals surface area contributed by atoms with Crippen LogP contribution < -0.4 is 15.5 Å². The Bertz CT molecular complexity index is 746. The second kappa shape index (κ2) is 9.52. The molecule has 2 saturated heterocycles. The van der Waals surface area contributed by atoms with Crippen molar-refractivity contribution in [2.45, 2.75) is 6.42 Å². The van der Waals surface area contributed by atoms with Crippen LogP contribution in [0.1, 0.15) is 5.56 Å². The molecule has 28 heavy (non-hydrogen) atoms. The van der Waals surface area contributed by atoms with Crippen molar-refractivity contribution >= 4 is 24.1 Å². The number of urea groups is 1. The number of rotatable bonds is 7. The topological polar surface area (TPSA) is 99.9 Å². The van der Waals surface area contributed by atoms with Gasteiger partial charge in [0.15, 0.2) is 5.92 Å². The summed E-state index contributed by atoms with van der Waals surface area (Å²) < 4.78 is 13.0. The van der Waals surface area contributed by atoms with Gasteiger partial charge >= 0.3 is 6.03 Å². The Balaban J connectivity index is 1.54. The predicted octanol–water partition coefficient (Wildman–Crippen LogP) is -2.40. The summed E-state index contributed by atoms with van der Waals surface area (Å²) in [6.07, 6.45) is 1.73. The minimum absolute atomic E-state index is 0.113. The fourth-order valence-electron chi connectivity index (χ4n) is 3.40. The molecule has 0 spiro atoms. The number of halogens is 1. The molecule has 2 aliphatic rings. The van der Waals surface area contributed by atoms with Crippen LogP contribution in [0.2, 0.25) is 0 Å². The highest BCUT2D eigenvalue weighted by Gasteiger charge is 2.39. The van der Waals surface area contributed by atoms with E-state index in [0.29, 0.717) is 13.0 Å². The Hall–Kier alpha value is -2.65. The number of amides is 4. The zero-order valence-corrected chi connectivity index (χ0v) is 15.7. The van der Waals surface area contributed by atoms with E-state index in [1.165, 1.54) is 23.2 Å². The summed E-state index contributed by atoms with van der Waals surface area (Å²) in [5, 5.41) is 4.50. The molecule has 2 aliphatic heterocycles. The quantitative estimate of drug-likeness (QED) is 0.357. The van der Waals surface area contributed by atoms with Crippen molar-refractivity contribution in [2.24, 2.45) is 10.9 Å². The van der Waals surface area contributed by atoms with Gasteiger partial charge in [0.25, 0.3) is 0 Å². The van der Waals surface area contributed by atoms with Crippen molar-refractivity contribution < 1.29 is 29.0 Å². The number of benzene rings is 1. The van der Waals surface area contributed by atoms with Crippen molar-refractivity contribution in [2.75, 3.05) is 45.8 Å². The zero-order valence-electron chi connectivity index (χ0n) is 15.7. The molecule has 0 saturated carbocycles. The number of nitrogens with one attached hydrogen (secondary N) is 2. The standard InChI is InChI=1S/C19H24FN5O3/c20-15-3-1-14(2-4-15)5-9-25-18(27)16(17(26)23-19(25)28)13-22-8-12-24-10-6-21-7-11-24/h1-4,13,16,21H,5-12H2,(H,23,26,28)/p+2/t16-/m1/s1. The fraction of sp³-hybridized carbons (Fsp3) is 0.474. The van der Waals surface area contributed by atoms with Crippen molar-refractivity contribution in [3.63, 3.8) is 0 Å². The van der Waals surface area contributed by atoms with E-state index in [1.54, 1.807) is 12.1 Å². The third kappa shape index (κ3) is 5.20. The molecule has 1 aromatic rings. The molecule has 0 radical (unpaired) electrons. The van der Waals surface area contributed by atoms with Gasteiger partial charge in [0.05, 0.1) is 13.1 Å². The lowest BCUT2D eigenvalue weighted by molar-refractivity contribution is -0.945. The number of barbiturate groups is 1. The molecule has 4 N–H and O–H groups in total. The number of carbonyl (C=O) groups is 3. The third-order valence-corrected chi connectivity index (χ3v) is 5.08. The number of imide groups is 2. The van der Waals surface area contributed by atoms with E-state index in [-0.39, 0.29) is 12.4 Å². The minimum atomic E-state index is -1.09. The zero-order chi connectivity index (χ0) is 19.9. The van der Waals surface area contributed by atoms with Gasteiger partial charge in [0.2, 0.25) is 11.8 Å². The SMILES string of the molecule is O=C1NC(=O)N(CCc2ccc(F)cc2)C(=O)[C@@H]1C=NCC[NH+]1CC[NH2+]CC1. The Morgan fingerprint density at radius 1 is 1.21 bits per heavy atom. The summed E-state index contributed by atoms with van der Waals surface area (Å²) >= 11 is 0. The highest BCUT2D eigenvalue weighted by molar-refractivity contribution is 6.23. The smallest absolute Gasteiger partial charge is 0.330 e. The van der Waals surface area contributed by atoms with E-state index in [0.717, 1.165) is 43.2 Å². The number of nitrogens with zero attached hydrogens (tertiary/aromatic N) is 2. The highest BCUT2D eigenvalue weighted by Crippen LogP contribution is 2.11. The predicted molar refractivity (Wildman–Crippen MR) is 99.4 cm³/mol. The molecule has 1 aromatic carbocycles. The summed E-state index contributed by atoms with van der Waals surface area (Å²) in [4.78, 5) is 43.4. The molecule has 0 aromatic heterocycles. The maximum atomic E-state index is 13.0. The first kappa shape index (κ1) is 20.1. The Kier molecular flexibility index (Phi) is 6.83. The molecule has 3 rings (SSSR count). The Labute approximate surface area is 162 Å². The molecule has 2 heterocycles. The van der Waals surface area contributed by atoms with E-state index in [4.69, 9.17) is 0 Å². The van der Waals surface area contributed by atoms with Gasteiger partial charge in [-0.15, -0.1) is 0 Å². The average molecular weight is 391 g/mol. The van der Waals surface area contributed by atoms with Gasteiger partial charge in [-0.1, -0.05) is 12.1 Å². The molecule has 2 fully saturated rings. The number of hydrogen-bond acceptors (Lipinski definition) is 4. The Morgan fingerprint density at radius 3 is 2.64 bits per heavy atom. The molecule has 0 unspecified atom stereocenters. The lowest BCUT2D eigenvalue weighted by Crippen LogP contribution is -3.20. The largest absolute Gasteiger partial charge is 0.337 e. The number of nitrogens with two attached hydrogens (primary N) is 1. The molecule has 8 nitrogen and oxygen atoms in total. The average Bonchev–Trinajstić information content (AvgIpc) is 2.69. The number of piperazine rings is 1. The monoisotopic (exact) mass is 391 g/mol. The maximum Gasteiger partial charge on any atom is 0.330 e. The van der Waals surface area contributed by atoms with Gasteiger partial charge in [-0.05, 0) is 24.1 Å². The molecular formula is C19H26FN5O3+2. The van der Waals surface area contributed by atoms with Gasteiger partial charge in [0, 0.05) is 12.8 Å². The highest BCUT2D eigenvalue weighted by atomic mass is 19.1. The summed E-state index contributed by atoms with van der Waals surface area (Å²) in [6, 6.07) is 5.14. The molecule has 150 valence electrons. The molecule has 0 aliphatic carbocycles. The van der Waals surface area contributed by atoms with Crippen LogP contribution in [0.25, 0.3) is 0 Å². The number of carbonyl (C=O) groups excluding carboxylic acids is 3. The Morgan fingerprint density at radius 2 is 1.93 bits per heavy atom. The van der Waals surface area contributed by atoms with Crippen LogP contribution in [0.4, 0.5) is 9.18 Å². The lowest BCUT2D eigenvalue weighted by atomic mass is 10.1. The summed E-state index contributed by atoms with van der Waals surface area (Å²) in [5.41, 5.74) is 0.797. The second-order valence-electron chi connectivity index (χ2n) is 7.06. The summed E-state index contributed by atoms with van der Waals surface area (Å²) in [6.45, 7) is 5.90. The van der Waals surface area contributed by atoms with Crippen LogP contribution in [0, 0.1) is 11.7 Å². The molecule has 0 bridgehead atoms. The first-order chi connectivity index (χ1) is 13.5. The van der Waals surface area contributed by atoms with E-state index >= 15 is 0 Å². The summed E-state index contributed by atoms with van der Waals surface area (Å²) in [5.74, 6) is -2.64. The van der Waals surface area contributed by atoms with Crippen molar-refractivity contribution in [1.29, 1.82) is 0 Å². The van der Waals surface area contributed by atoms with Gasteiger partial charge in [-0.2, -0.15) is 0 Å². The third-order valence-electron chi connectivity index (χ3n) is 5.08. The van der Waals surface area contributed by atoms with Crippen molar-refractivity contribution in [1.82, 2.24) is 10.2 Å². The van der Waals surface area contributed by atoms with E-state index in [9.17, 15) is 18.8 Å². The first-order valence-corrected chi connectivity index (χ1v) is 9.60. The van der Waals surface area contributed by atoms with E-state index < -0.39 is 23.8 Å². The van der Waals surface area contributed by atoms with Crippen LogP contribution in [-0.2, 0) is 16.0 Å². The van der Waals surface area contributed by atoms with Crippen LogP contribution in [0.15, 0.2) is 29.3 Å². The van der Waals surface area contributed by atoms with Crippen LogP contribution in [0.3, 0.4) is 0 Å².